The first-order valence-corrected chi connectivity index (χ1v) is 6.60. The highest BCUT2D eigenvalue weighted by Crippen LogP contribution is 2.42. The Balaban J connectivity index is 2.51. The molecule has 100 valence electrons. The number of halogens is 3. The van der Waals surface area contributed by atoms with E-state index in [0.29, 0.717) is 5.56 Å². The normalized spacial score (nSPS) is 11.6. The maximum absolute atomic E-state index is 12.6. The zero-order valence-corrected chi connectivity index (χ0v) is 11.4. The predicted octanol–water partition coefficient (Wildman–Crippen LogP) is 5.58. The van der Waals surface area contributed by atoms with Gasteiger partial charge in [-0.3, -0.25) is 0 Å². The first-order valence-electron chi connectivity index (χ1n) is 5.78. The van der Waals surface area contributed by atoms with Crippen LogP contribution in [0.25, 0.3) is 11.1 Å². The Bertz CT molecular complexity index is 588. The standard InChI is InChI=1S/C15H13F3S/c1-10-4-3-5-12(8-10)13-9-11(2)6-7-14(13)19-15(16,17)18/h3-9H,1-2H3. The monoisotopic (exact) mass is 282 g/mol. The topological polar surface area (TPSA) is 0 Å². The summed E-state index contributed by atoms with van der Waals surface area (Å²) in [6.45, 7) is 3.80. The molecule has 0 heterocycles. The van der Waals surface area contributed by atoms with Crippen molar-refractivity contribution in [3.63, 3.8) is 0 Å². The highest BCUT2D eigenvalue weighted by atomic mass is 32.2. The van der Waals surface area contributed by atoms with Crippen LogP contribution in [0.2, 0.25) is 0 Å². The molecule has 0 radical (unpaired) electrons. The smallest absolute Gasteiger partial charge is 0.160 e. The van der Waals surface area contributed by atoms with Gasteiger partial charge in [-0.05, 0) is 42.8 Å². The van der Waals surface area contributed by atoms with Gasteiger partial charge in [0.2, 0.25) is 0 Å². The van der Waals surface area contributed by atoms with Crippen LogP contribution in [0.5, 0.6) is 0 Å². The molecule has 19 heavy (non-hydrogen) atoms. The number of benzene rings is 2. The van der Waals surface area contributed by atoms with E-state index < -0.39 is 5.51 Å². The fourth-order valence-electron chi connectivity index (χ4n) is 1.90. The van der Waals surface area contributed by atoms with Crippen LogP contribution in [0.1, 0.15) is 11.1 Å². The second-order valence-corrected chi connectivity index (χ2v) is 5.52. The maximum Gasteiger partial charge on any atom is 0.446 e. The van der Waals surface area contributed by atoms with Crippen LogP contribution in [0.4, 0.5) is 13.2 Å². The van der Waals surface area contributed by atoms with Crippen LogP contribution < -0.4 is 0 Å². The number of hydrogen-bond acceptors (Lipinski definition) is 1. The molecule has 2 aromatic carbocycles. The number of rotatable bonds is 2. The van der Waals surface area contributed by atoms with Gasteiger partial charge in [-0.2, -0.15) is 13.2 Å². The summed E-state index contributed by atoms with van der Waals surface area (Å²) in [4.78, 5) is 0.240. The molecule has 0 nitrogen and oxygen atoms in total. The van der Waals surface area contributed by atoms with Gasteiger partial charge in [0, 0.05) is 4.90 Å². The van der Waals surface area contributed by atoms with Crippen molar-refractivity contribution in [2.24, 2.45) is 0 Å². The zero-order valence-electron chi connectivity index (χ0n) is 10.6. The summed E-state index contributed by atoms with van der Waals surface area (Å²) in [5.41, 5.74) is -0.847. The van der Waals surface area contributed by atoms with Gasteiger partial charge in [-0.15, -0.1) is 0 Å². The first kappa shape index (κ1) is 14.0. The molecule has 0 bridgehead atoms. The number of thioether (sulfide) groups is 1. The third-order valence-electron chi connectivity index (χ3n) is 2.69. The molecule has 0 aliphatic rings. The van der Waals surface area contributed by atoms with E-state index in [1.165, 1.54) is 6.07 Å². The van der Waals surface area contributed by atoms with Crippen molar-refractivity contribution < 1.29 is 13.2 Å². The molecule has 0 unspecified atom stereocenters. The van der Waals surface area contributed by atoms with E-state index in [0.717, 1.165) is 16.7 Å². The summed E-state index contributed by atoms with van der Waals surface area (Å²) in [5.74, 6) is 0. The van der Waals surface area contributed by atoms with Gasteiger partial charge >= 0.3 is 5.51 Å². The minimum absolute atomic E-state index is 0.0632. The molecular weight excluding hydrogens is 269 g/mol. The second-order valence-electron chi connectivity index (χ2n) is 4.42. The van der Waals surface area contributed by atoms with Crippen molar-refractivity contribution >= 4 is 11.8 Å². The maximum atomic E-state index is 12.6. The molecule has 0 aromatic heterocycles. The van der Waals surface area contributed by atoms with E-state index in [1.54, 1.807) is 12.1 Å². The summed E-state index contributed by atoms with van der Waals surface area (Å²) >= 11 is -0.0632. The summed E-state index contributed by atoms with van der Waals surface area (Å²) in [6, 6.07) is 12.5. The van der Waals surface area contributed by atoms with Gasteiger partial charge in [0.1, 0.15) is 0 Å². The second kappa shape index (κ2) is 5.29. The Morgan fingerprint density at radius 1 is 0.895 bits per heavy atom. The van der Waals surface area contributed by atoms with E-state index in [4.69, 9.17) is 0 Å². The molecule has 0 saturated heterocycles. The Morgan fingerprint density at radius 3 is 2.21 bits per heavy atom. The van der Waals surface area contributed by atoms with Crippen molar-refractivity contribution in [2.75, 3.05) is 0 Å². The zero-order chi connectivity index (χ0) is 14.0. The van der Waals surface area contributed by atoms with E-state index in [9.17, 15) is 13.2 Å². The van der Waals surface area contributed by atoms with Crippen LogP contribution in [-0.2, 0) is 0 Å². The number of aryl methyl sites for hydroxylation is 2. The van der Waals surface area contributed by atoms with Crippen LogP contribution in [0.15, 0.2) is 47.4 Å². The summed E-state index contributed by atoms with van der Waals surface area (Å²) in [6.07, 6.45) is 0. The van der Waals surface area contributed by atoms with Crippen molar-refractivity contribution in [2.45, 2.75) is 24.3 Å². The quantitative estimate of drug-likeness (QED) is 0.648. The van der Waals surface area contributed by atoms with Crippen molar-refractivity contribution in [1.82, 2.24) is 0 Å². The molecular formula is C15H13F3S. The molecule has 0 aliphatic heterocycles. The minimum atomic E-state index is -4.27. The first-order chi connectivity index (χ1) is 8.85. The Labute approximate surface area is 114 Å². The van der Waals surface area contributed by atoms with Gasteiger partial charge in [0.25, 0.3) is 0 Å². The molecule has 0 saturated carbocycles. The molecule has 0 N–H and O–H groups in total. The van der Waals surface area contributed by atoms with Crippen LogP contribution in [0, 0.1) is 13.8 Å². The number of alkyl halides is 3. The average molecular weight is 282 g/mol. The molecule has 0 spiro atoms. The van der Waals surface area contributed by atoms with E-state index >= 15 is 0 Å². The SMILES string of the molecule is Cc1cccc(-c2cc(C)ccc2SC(F)(F)F)c1. The lowest BCUT2D eigenvalue weighted by atomic mass is 10.0. The molecule has 0 fully saturated rings. The van der Waals surface area contributed by atoms with Gasteiger partial charge in [-0.1, -0.05) is 47.5 Å². The highest BCUT2D eigenvalue weighted by molar-refractivity contribution is 8.00. The molecule has 0 atom stereocenters. The van der Waals surface area contributed by atoms with E-state index in [1.807, 2.05) is 38.1 Å². The van der Waals surface area contributed by atoms with Crippen LogP contribution >= 0.6 is 11.8 Å². The molecule has 0 aliphatic carbocycles. The molecule has 4 heteroatoms. The Morgan fingerprint density at radius 2 is 1.58 bits per heavy atom. The van der Waals surface area contributed by atoms with Crippen molar-refractivity contribution in [3.05, 3.63) is 53.6 Å². The largest absolute Gasteiger partial charge is 0.446 e. The van der Waals surface area contributed by atoms with Gasteiger partial charge in [0.15, 0.2) is 0 Å². The van der Waals surface area contributed by atoms with Crippen LogP contribution in [0.3, 0.4) is 0 Å². The lowest BCUT2D eigenvalue weighted by Gasteiger charge is -2.12. The van der Waals surface area contributed by atoms with Crippen molar-refractivity contribution in [3.8, 4) is 11.1 Å². The van der Waals surface area contributed by atoms with Gasteiger partial charge in [0.05, 0.1) is 0 Å². The minimum Gasteiger partial charge on any atom is -0.160 e. The van der Waals surface area contributed by atoms with Gasteiger partial charge < -0.3 is 0 Å². The van der Waals surface area contributed by atoms with E-state index in [-0.39, 0.29) is 16.7 Å². The van der Waals surface area contributed by atoms with E-state index in [2.05, 4.69) is 0 Å². The molecule has 2 rings (SSSR count). The van der Waals surface area contributed by atoms with Gasteiger partial charge in [-0.25, -0.2) is 0 Å². The lowest BCUT2D eigenvalue weighted by molar-refractivity contribution is -0.0327. The van der Waals surface area contributed by atoms with Crippen LogP contribution in [-0.4, -0.2) is 5.51 Å². The third-order valence-corrected chi connectivity index (χ3v) is 3.50. The molecule has 2 aromatic rings. The Hall–Kier alpha value is -1.42. The fraction of sp³-hybridized carbons (Fsp3) is 0.200. The summed E-state index contributed by atoms with van der Waals surface area (Å²) in [7, 11) is 0. The summed E-state index contributed by atoms with van der Waals surface area (Å²) in [5, 5.41) is 0. The molecule has 0 amide bonds. The Kier molecular flexibility index (Phi) is 3.90. The third kappa shape index (κ3) is 3.77. The average Bonchev–Trinajstić information content (AvgIpc) is 2.30. The fourth-order valence-corrected chi connectivity index (χ4v) is 2.57. The number of hydrogen-bond donors (Lipinski definition) is 0. The highest BCUT2D eigenvalue weighted by Gasteiger charge is 2.30. The summed E-state index contributed by atoms with van der Waals surface area (Å²) < 4.78 is 37.7. The predicted molar refractivity (Wildman–Crippen MR) is 73.3 cm³/mol. The van der Waals surface area contributed by atoms with Crippen molar-refractivity contribution in [1.29, 1.82) is 0 Å². The lowest BCUT2D eigenvalue weighted by Crippen LogP contribution is -2.00.